The van der Waals surface area contributed by atoms with Crippen molar-refractivity contribution in [1.29, 1.82) is 0 Å². The highest BCUT2D eigenvalue weighted by Gasteiger charge is 2.50. The molecule has 1 aromatic carbocycles. The molecular weight excluding hydrogens is 484 g/mol. The van der Waals surface area contributed by atoms with Gasteiger partial charge in [0.1, 0.15) is 22.7 Å². The van der Waals surface area contributed by atoms with Crippen molar-refractivity contribution in [1.82, 2.24) is 10.4 Å². The summed E-state index contributed by atoms with van der Waals surface area (Å²) >= 11 is 1.24. The lowest BCUT2D eigenvalue weighted by Crippen LogP contribution is -2.41. The number of fused-ring (bicyclic) bond motifs is 1. The first-order chi connectivity index (χ1) is 16.2. The van der Waals surface area contributed by atoms with Gasteiger partial charge in [-0.25, -0.2) is 18.7 Å². The summed E-state index contributed by atoms with van der Waals surface area (Å²) in [6, 6.07) is 10.7. The topological polar surface area (TPSA) is 146 Å². The highest BCUT2D eigenvalue weighted by atomic mass is 32.2. The van der Waals surface area contributed by atoms with Gasteiger partial charge in [-0.1, -0.05) is 0 Å². The molecule has 1 aliphatic rings. The molecule has 1 atom stereocenters. The Hall–Kier alpha value is -2.93. The van der Waals surface area contributed by atoms with E-state index in [9.17, 15) is 23.1 Å². The number of aliphatic hydroxyl groups is 1. The zero-order chi connectivity index (χ0) is 24.5. The first-order valence-electron chi connectivity index (χ1n) is 10.4. The number of aliphatic hydroxyl groups excluding tert-OH is 1. The lowest BCUT2D eigenvalue weighted by atomic mass is 9.97. The maximum absolute atomic E-state index is 13.5. The first-order valence-corrected chi connectivity index (χ1v) is 12.9. The Morgan fingerprint density at radius 3 is 2.74 bits per heavy atom. The molecular formula is C22H24N2O8S2. The average molecular weight is 509 g/mol. The number of hydroxylamine groups is 1. The molecule has 3 aromatic rings. The molecule has 10 nitrogen and oxygen atoms in total. The molecule has 1 saturated heterocycles. The molecule has 4 rings (SSSR count). The molecule has 0 bridgehead atoms. The number of hydrogen-bond donors (Lipinski definition) is 3. The molecule has 0 spiro atoms. The number of hydrogen-bond acceptors (Lipinski definition) is 9. The fourth-order valence-corrected chi connectivity index (χ4v) is 7.85. The van der Waals surface area contributed by atoms with Gasteiger partial charge in [-0.15, -0.1) is 11.3 Å². The molecule has 34 heavy (non-hydrogen) atoms. The van der Waals surface area contributed by atoms with Crippen LogP contribution in [0.1, 0.15) is 23.5 Å². The smallest absolute Gasteiger partial charge is 0.409 e. The highest BCUT2D eigenvalue weighted by Crippen LogP contribution is 2.45. The zero-order valence-electron chi connectivity index (χ0n) is 18.3. The Balaban J connectivity index is 1.76. The Labute approximate surface area is 199 Å². The van der Waals surface area contributed by atoms with E-state index in [0.717, 1.165) is 15.8 Å². The third-order valence-electron chi connectivity index (χ3n) is 6.08. The number of nitrogens with zero attached hydrogens (tertiary/aromatic N) is 1. The van der Waals surface area contributed by atoms with Crippen LogP contribution < -0.4 is 5.48 Å². The second kappa shape index (κ2) is 9.37. The van der Waals surface area contributed by atoms with Crippen LogP contribution in [0, 0.1) is 0 Å². The van der Waals surface area contributed by atoms with Crippen LogP contribution in [0.3, 0.4) is 0 Å². The van der Waals surface area contributed by atoms with Gasteiger partial charge in [-0.2, -0.15) is 0 Å². The molecule has 1 aliphatic heterocycles. The quantitative estimate of drug-likeness (QED) is 0.352. The van der Waals surface area contributed by atoms with E-state index in [4.69, 9.17) is 14.4 Å². The van der Waals surface area contributed by atoms with Crippen molar-refractivity contribution in [3.63, 3.8) is 0 Å². The molecule has 3 N–H and O–H groups in total. The minimum absolute atomic E-state index is 0.0293. The number of amides is 2. The van der Waals surface area contributed by atoms with Gasteiger partial charge >= 0.3 is 6.09 Å². The van der Waals surface area contributed by atoms with Gasteiger partial charge in [0.05, 0.1) is 19.3 Å². The van der Waals surface area contributed by atoms with Crippen molar-refractivity contribution in [2.24, 2.45) is 0 Å². The van der Waals surface area contributed by atoms with Crippen LogP contribution in [0.25, 0.3) is 21.4 Å². The van der Waals surface area contributed by atoms with E-state index < -0.39 is 33.0 Å². The summed E-state index contributed by atoms with van der Waals surface area (Å²) in [6.07, 6.45) is -1.15. The summed E-state index contributed by atoms with van der Waals surface area (Å²) in [6.45, 7) is -0.202. The monoisotopic (exact) mass is 508 g/mol. The number of furan rings is 1. The summed E-state index contributed by atoms with van der Waals surface area (Å²) in [7, 11) is -2.69. The largest absolute Gasteiger partial charge is 0.459 e. The predicted octanol–water partition coefficient (Wildman–Crippen LogP) is 2.63. The molecule has 1 fully saturated rings. The lowest BCUT2D eigenvalue weighted by molar-refractivity contribution is -0.129. The van der Waals surface area contributed by atoms with Gasteiger partial charge in [-0.05, 0) is 48.4 Å². The fourth-order valence-electron chi connectivity index (χ4n) is 4.25. The van der Waals surface area contributed by atoms with E-state index in [0.29, 0.717) is 16.2 Å². The van der Waals surface area contributed by atoms with E-state index in [1.165, 1.54) is 23.3 Å². The predicted molar refractivity (Wildman–Crippen MR) is 124 cm³/mol. The fraction of sp³-hybridized carbons (Fsp3) is 0.364. The number of carbonyl (C=O) groups is 2. The van der Waals surface area contributed by atoms with Gasteiger partial charge in [0.2, 0.25) is 5.91 Å². The Morgan fingerprint density at radius 1 is 1.24 bits per heavy atom. The zero-order valence-corrected chi connectivity index (χ0v) is 19.9. The number of thiophene rings is 1. The third kappa shape index (κ3) is 4.29. The van der Waals surface area contributed by atoms with Crippen molar-refractivity contribution in [3.8, 4) is 10.4 Å². The number of carbonyl (C=O) groups excluding carboxylic acids is 2. The molecule has 1 unspecified atom stereocenters. The first kappa shape index (κ1) is 24.2. The van der Waals surface area contributed by atoms with Gasteiger partial charge in [0, 0.05) is 28.2 Å². The van der Waals surface area contributed by atoms with Crippen LogP contribution in [-0.2, 0) is 30.7 Å². The van der Waals surface area contributed by atoms with Gasteiger partial charge in [0.15, 0.2) is 9.84 Å². The Kier molecular flexibility index (Phi) is 6.67. The Bertz CT molecular complexity index is 1330. The summed E-state index contributed by atoms with van der Waals surface area (Å²) in [4.78, 5) is 26.8. The number of nitrogens with one attached hydrogen (secondary N) is 1. The van der Waals surface area contributed by atoms with E-state index in [1.807, 2.05) is 12.1 Å². The number of sulfone groups is 1. The van der Waals surface area contributed by atoms with Crippen molar-refractivity contribution in [3.05, 3.63) is 47.0 Å². The molecule has 2 amide bonds. The lowest BCUT2D eigenvalue weighted by Gasteiger charge is -2.30. The van der Waals surface area contributed by atoms with E-state index in [1.54, 1.807) is 29.7 Å². The molecule has 12 heteroatoms. The minimum Gasteiger partial charge on any atom is -0.459 e. The number of rotatable bonds is 5. The van der Waals surface area contributed by atoms with Crippen LogP contribution in [0.4, 0.5) is 4.79 Å². The second-order valence-corrected chi connectivity index (χ2v) is 11.5. The molecule has 182 valence electrons. The van der Waals surface area contributed by atoms with Crippen molar-refractivity contribution in [2.75, 3.05) is 26.0 Å². The molecule has 2 aromatic heterocycles. The van der Waals surface area contributed by atoms with Crippen LogP contribution in [0.5, 0.6) is 0 Å². The van der Waals surface area contributed by atoms with Gasteiger partial charge in [-0.3, -0.25) is 10.0 Å². The summed E-state index contributed by atoms with van der Waals surface area (Å²) in [5.41, 5.74) is 2.98. The minimum atomic E-state index is -3.91. The SMILES string of the molecule is COC(=O)N1CCC(CC(=O)NO)(c2ccc(-c3ccc4oc(CO)cc4c3)s2)S(=O)(=O)CC1. The van der Waals surface area contributed by atoms with Crippen molar-refractivity contribution >= 4 is 44.1 Å². The van der Waals surface area contributed by atoms with Crippen LogP contribution in [0.15, 0.2) is 40.8 Å². The standard InChI is InChI=1S/C22H24N2O8S2/c1-31-21(27)24-7-6-22(12-20(26)23-28,34(29,30)9-8-24)19-5-4-18(33-19)14-2-3-17-15(10-14)11-16(13-25)32-17/h2-5,10-11,25,28H,6-9,12-13H2,1H3,(H,23,26). The molecule has 0 saturated carbocycles. The normalized spacial score (nSPS) is 20.1. The number of methoxy groups -OCH3 is 1. The van der Waals surface area contributed by atoms with Crippen LogP contribution in [0.2, 0.25) is 0 Å². The van der Waals surface area contributed by atoms with Crippen LogP contribution >= 0.6 is 11.3 Å². The summed E-state index contributed by atoms with van der Waals surface area (Å²) < 4.78 is 35.7. The maximum Gasteiger partial charge on any atom is 0.409 e. The summed E-state index contributed by atoms with van der Waals surface area (Å²) in [5, 5.41) is 19.2. The van der Waals surface area contributed by atoms with E-state index in [2.05, 4.69) is 0 Å². The maximum atomic E-state index is 13.5. The highest BCUT2D eigenvalue weighted by molar-refractivity contribution is 7.92. The molecule has 0 aliphatic carbocycles. The molecule has 3 heterocycles. The van der Waals surface area contributed by atoms with Gasteiger partial charge in [0.25, 0.3) is 0 Å². The average Bonchev–Trinajstić information content (AvgIpc) is 3.46. The summed E-state index contributed by atoms with van der Waals surface area (Å²) in [5.74, 6) is -0.743. The van der Waals surface area contributed by atoms with Crippen molar-refractivity contribution in [2.45, 2.75) is 24.2 Å². The van der Waals surface area contributed by atoms with E-state index >= 15 is 0 Å². The number of benzene rings is 1. The van der Waals surface area contributed by atoms with E-state index in [-0.39, 0.29) is 31.9 Å². The third-order valence-corrected chi connectivity index (χ3v) is 10.0. The Morgan fingerprint density at radius 2 is 2.03 bits per heavy atom. The van der Waals surface area contributed by atoms with Crippen molar-refractivity contribution < 1.29 is 37.5 Å². The molecule has 0 radical (unpaired) electrons. The number of ether oxygens (including phenoxy) is 1. The van der Waals surface area contributed by atoms with Gasteiger partial charge < -0.3 is 19.2 Å². The second-order valence-electron chi connectivity index (χ2n) is 8.02. The van der Waals surface area contributed by atoms with Crippen LogP contribution in [-0.4, -0.2) is 61.6 Å².